The van der Waals surface area contributed by atoms with E-state index in [1.807, 2.05) is 0 Å². The zero-order valence-electron chi connectivity index (χ0n) is 15.2. The van der Waals surface area contributed by atoms with Gasteiger partial charge < -0.3 is 10.7 Å². The van der Waals surface area contributed by atoms with Gasteiger partial charge in [0.15, 0.2) is 5.65 Å². The monoisotopic (exact) mass is 395 g/mol. The highest BCUT2D eigenvalue weighted by atomic mass is 32.2. The Bertz CT molecular complexity index is 1250. The van der Waals surface area contributed by atoms with Gasteiger partial charge in [-0.3, -0.25) is 0 Å². The summed E-state index contributed by atoms with van der Waals surface area (Å²) in [6, 6.07) is 10.4. The molecular formula is C20H21N5O2S. The maximum atomic E-state index is 13.0. The van der Waals surface area contributed by atoms with E-state index >= 15 is 0 Å². The molecule has 3 aromatic heterocycles. The van der Waals surface area contributed by atoms with Crippen molar-refractivity contribution in [1.29, 1.82) is 0 Å². The van der Waals surface area contributed by atoms with Crippen LogP contribution in [0.2, 0.25) is 0 Å². The van der Waals surface area contributed by atoms with Crippen LogP contribution >= 0.6 is 0 Å². The molecular weight excluding hydrogens is 374 g/mol. The van der Waals surface area contributed by atoms with Gasteiger partial charge in [0.05, 0.1) is 16.6 Å². The first-order valence-electron chi connectivity index (χ1n) is 9.46. The summed E-state index contributed by atoms with van der Waals surface area (Å²) in [6.07, 6.45) is 7.25. The molecule has 28 heavy (non-hydrogen) atoms. The van der Waals surface area contributed by atoms with Gasteiger partial charge in [0.2, 0.25) is 0 Å². The van der Waals surface area contributed by atoms with Crippen molar-refractivity contribution in [2.24, 2.45) is 5.73 Å². The maximum Gasteiger partial charge on any atom is 0.269 e. The van der Waals surface area contributed by atoms with Crippen LogP contribution in [0.15, 0.2) is 53.7 Å². The number of nitrogens with zero attached hydrogens (tertiary/aromatic N) is 3. The Hall–Kier alpha value is -2.71. The molecule has 3 heterocycles. The van der Waals surface area contributed by atoms with Gasteiger partial charge in [0.1, 0.15) is 11.3 Å². The Kier molecular flexibility index (Phi) is 3.99. The van der Waals surface area contributed by atoms with Crippen LogP contribution in [-0.2, 0) is 10.0 Å². The van der Waals surface area contributed by atoms with E-state index < -0.39 is 10.0 Å². The summed E-state index contributed by atoms with van der Waals surface area (Å²) in [7, 11) is -3.71. The van der Waals surface area contributed by atoms with Crippen LogP contribution in [0, 0.1) is 0 Å². The van der Waals surface area contributed by atoms with Crippen molar-refractivity contribution in [1.82, 2.24) is 18.9 Å². The fourth-order valence-electron chi connectivity index (χ4n) is 4.03. The molecule has 8 heteroatoms. The molecule has 0 unspecified atom stereocenters. The minimum absolute atomic E-state index is 0.232. The van der Waals surface area contributed by atoms with E-state index in [0.29, 0.717) is 11.6 Å². The number of aromatic amines is 1. The predicted molar refractivity (Wildman–Crippen MR) is 108 cm³/mol. The summed E-state index contributed by atoms with van der Waals surface area (Å²) in [5.74, 6) is 1.30. The van der Waals surface area contributed by atoms with Gasteiger partial charge >= 0.3 is 0 Å². The Morgan fingerprint density at radius 2 is 1.82 bits per heavy atom. The number of rotatable bonds is 3. The first-order valence-corrected chi connectivity index (χ1v) is 10.9. The standard InChI is InChI=1S/C20H21N5O2S/c21-14-8-6-13(7-9-14)19-23-17-12-22-20-16(18(17)24-19)10-11-25(20)28(26,27)15-4-2-1-3-5-15/h1-5,10-14H,6-9,21H2,(H,23,24). The van der Waals surface area contributed by atoms with Gasteiger partial charge in [-0.05, 0) is 43.9 Å². The summed E-state index contributed by atoms with van der Waals surface area (Å²) in [4.78, 5) is 12.8. The molecule has 0 amide bonds. The molecule has 7 nitrogen and oxygen atoms in total. The van der Waals surface area contributed by atoms with Crippen LogP contribution in [0.25, 0.3) is 22.1 Å². The van der Waals surface area contributed by atoms with Crippen molar-refractivity contribution >= 4 is 32.1 Å². The molecule has 1 aliphatic carbocycles. The van der Waals surface area contributed by atoms with Gasteiger partial charge in [-0.1, -0.05) is 18.2 Å². The van der Waals surface area contributed by atoms with Crippen molar-refractivity contribution in [2.75, 3.05) is 0 Å². The Balaban J connectivity index is 1.61. The maximum absolute atomic E-state index is 13.0. The first kappa shape index (κ1) is 17.4. The van der Waals surface area contributed by atoms with Crippen LogP contribution in [-0.4, -0.2) is 33.4 Å². The lowest BCUT2D eigenvalue weighted by atomic mass is 9.86. The lowest BCUT2D eigenvalue weighted by Crippen LogP contribution is -2.26. The largest absolute Gasteiger partial charge is 0.340 e. The molecule has 0 atom stereocenters. The Labute approximate surface area is 162 Å². The van der Waals surface area contributed by atoms with E-state index in [4.69, 9.17) is 10.7 Å². The van der Waals surface area contributed by atoms with Crippen molar-refractivity contribution in [3.8, 4) is 0 Å². The molecule has 0 spiro atoms. The zero-order valence-corrected chi connectivity index (χ0v) is 16.1. The smallest absolute Gasteiger partial charge is 0.269 e. The summed E-state index contributed by atoms with van der Waals surface area (Å²) in [5.41, 5.74) is 7.99. The van der Waals surface area contributed by atoms with Crippen LogP contribution in [0.4, 0.5) is 0 Å². The number of benzene rings is 1. The van der Waals surface area contributed by atoms with Crippen LogP contribution in [0.5, 0.6) is 0 Å². The highest BCUT2D eigenvalue weighted by Gasteiger charge is 2.25. The number of nitrogens with one attached hydrogen (secondary N) is 1. The number of pyridine rings is 1. The van der Waals surface area contributed by atoms with Gasteiger partial charge in [-0.15, -0.1) is 0 Å². The molecule has 4 aromatic rings. The molecule has 0 radical (unpaired) electrons. The summed E-state index contributed by atoms with van der Waals surface area (Å²) in [6.45, 7) is 0. The van der Waals surface area contributed by atoms with Crippen molar-refractivity contribution in [3.63, 3.8) is 0 Å². The number of aromatic nitrogens is 4. The lowest BCUT2D eigenvalue weighted by molar-refractivity contribution is 0.387. The molecule has 0 aliphatic heterocycles. The second kappa shape index (κ2) is 6.42. The molecule has 1 fully saturated rings. The van der Waals surface area contributed by atoms with E-state index in [-0.39, 0.29) is 10.9 Å². The van der Waals surface area contributed by atoms with Crippen molar-refractivity contribution in [3.05, 3.63) is 54.6 Å². The van der Waals surface area contributed by atoms with Crippen LogP contribution in [0.1, 0.15) is 37.4 Å². The number of fused-ring (bicyclic) bond motifs is 3. The number of nitrogens with two attached hydrogens (primary N) is 1. The molecule has 1 saturated carbocycles. The summed E-state index contributed by atoms with van der Waals surface area (Å²) >= 11 is 0. The average molecular weight is 395 g/mol. The zero-order chi connectivity index (χ0) is 19.3. The lowest BCUT2D eigenvalue weighted by Gasteiger charge is -2.24. The van der Waals surface area contributed by atoms with Crippen molar-refractivity contribution in [2.45, 2.75) is 42.5 Å². The number of imidazole rings is 1. The third-order valence-electron chi connectivity index (χ3n) is 5.61. The quantitative estimate of drug-likeness (QED) is 0.554. The summed E-state index contributed by atoms with van der Waals surface area (Å²) < 4.78 is 27.2. The molecule has 0 bridgehead atoms. The second-order valence-corrected chi connectivity index (χ2v) is 9.24. The van der Waals surface area contributed by atoms with E-state index in [1.54, 1.807) is 48.8 Å². The SMILES string of the molecule is NC1CCC(c2nc3c(cnc4c3ccn4S(=O)(=O)c3ccccc3)[nH]2)CC1. The molecule has 144 valence electrons. The molecule has 0 saturated heterocycles. The third kappa shape index (κ3) is 2.71. The Morgan fingerprint density at radius 1 is 1.07 bits per heavy atom. The molecule has 1 aromatic carbocycles. The topological polar surface area (TPSA) is 107 Å². The minimum Gasteiger partial charge on any atom is -0.340 e. The van der Waals surface area contributed by atoms with Gasteiger partial charge in [0.25, 0.3) is 10.0 Å². The minimum atomic E-state index is -3.71. The van der Waals surface area contributed by atoms with E-state index in [2.05, 4.69) is 9.97 Å². The molecule has 5 rings (SSSR count). The molecule has 1 aliphatic rings. The van der Waals surface area contributed by atoms with E-state index in [1.165, 1.54) is 3.97 Å². The highest BCUT2D eigenvalue weighted by Crippen LogP contribution is 2.33. The molecule has 3 N–H and O–H groups in total. The fraction of sp³-hybridized carbons (Fsp3) is 0.300. The fourth-order valence-corrected chi connectivity index (χ4v) is 5.36. The van der Waals surface area contributed by atoms with Gasteiger partial charge in [-0.2, -0.15) is 0 Å². The number of hydrogen-bond acceptors (Lipinski definition) is 5. The third-order valence-corrected chi connectivity index (χ3v) is 7.29. The number of hydrogen-bond donors (Lipinski definition) is 2. The van der Waals surface area contributed by atoms with E-state index in [0.717, 1.165) is 47.9 Å². The second-order valence-electron chi connectivity index (χ2n) is 7.42. The van der Waals surface area contributed by atoms with Crippen LogP contribution < -0.4 is 5.73 Å². The Morgan fingerprint density at radius 3 is 2.57 bits per heavy atom. The number of H-pyrrole nitrogens is 1. The van der Waals surface area contributed by atoms with Gasteiger partial charge in [-0.25, -0.2) is 22.4 Å². The highest BCUT2D eigenvalue weighted by molar-refractivity contribution is 7.90. The van der Waals surface area contributed by atoms with E-state index in [9.17, 15) is 8.42 Å². The van der Waals surface area contributed by atoms with Crippen molar-refractivity contribution < 1.29 is 8.42 Å². The normalized spacial score (nSPS) is 20.8. The van der Waals surface area contributed by atoms with Crippen LogP contribution in [0.3, 0.4) is 0 Å². The van der Waals surface area contributed by atoms with Gasteiger partial charge in [0, 0.05) is 23.5 Å². The predicted octanol–water partition coefficient (Wildman–Crippen LogP) is 3.13. The average Bonchev–Trinajstić information content (AvgIpc) is 3.33. The summed E-state index contributed by atoms with van der Waals surface area (Å²) in [5, 5.41) is 0.729. The first-order chi connectivity index (χ1) is 13.5.